The average Bonchev–Trinajstić information content (AvgIpc) is 3.42. The fraction of sp³-hybridized carbons (Fsp3) is 0.636. The number of hydrogen-bond donors (Lipinski definition) is 5. The number of benzene rings is 1. The lowest BCUT2D eigenvalue weighted by Crippen LogP contribution is -2.63. The first-order chi connectivity index (χ1) is 21.1. The summed E-state index contributed by atoms with van der Waals surface area (Å²) in [7, 11) is 0. The van der Waals surface area contributed by atoms with Crippen molar-refractivity contribution in [3.63, 3.8) is 0 Å². The van der Waals surface area contributed by atoms with Gasteiger partial charge >= 0.3 is 0 Å². The molecule has 12 heteroatoms. The molecule has 2 heterocycles. The smallest absolute Gasteiger partial charge is 0.243 e. The van der Waals surface area contributed by atoms with Crippen LogP contribution in [0.5, 0.6) is 0 Å². The second kappa shape index (κ2) is 16.0. The van der Waals surface area contributed by atoms with Crippen LogP contribution in [0.4, 0.5) is 0 Å². The third-order valence-corrected chi connectivity index (χ3v) is 7.95. The van der Waals surface area contributed by atoms with Gasteiger partial charge in [0, 0.05) is 24.8 Å². The average molecular weight is 627 g/mol. The van der Waals surface area contributed by atoms with Crippen LogP contribution in [0.1, 0.15) is 79.2 Å². The first kappa shape index (κ1) is 35.7. The molecule has 2 fully saturated rings. The number of rotatable bonds is 5. The standard InChI is InChI=1S/C33H50N6O6/c1-20(2)17-23-30(43)34-19-28(42)37-24(18-22-11-8-7-9-12-22)31(44)35-21(3)29(32(45)38-33(4,5)6)39-16-10-13-25(39)26(40)14-15-27(41)36-23/h7-9,11-12,20-21,23-25,29H,10,13-19H2,1-6H3,(H,34,43)(H,35,44)(H,36,41)(H,37,42)(H,38,45)/t21-,23-,24-,25-,29-/m0/s1. The highest BCUT2D eigenvalue weighted by atomic mass is 16.2. The topological polar surface area (TPSA) is 166 Å². The Morgan fingerprint density at radius 3 is 2.24 bits per heavy atom. The van der Waals surface area contributed by atoms with Crippen molar-refractivity contribution in [1.82, 2.24) is 31.5 Å². The Balaban J connectivity index is 1.97. The first-order valence-electron chi connectivity index (χ1n) is 16.0. The minimum absolute atomic E-state index is 0.0566. The summed E-state index contributed by atoms with van der Waals surface area (Å²) in [5, 5.41) is 14.0. The van der Waals surface area contributed by atoms with Crippen LogP contribution in [0.25, 0.3) is 0 Å². The second-order valence-electron chi connectivity index (χ2n) is 13.6. The normalized spacial score (nSPS) is 26.6. The maximum absolute atomic E-state index is 13.8. The predicted molar refractivity (Wildman–Crippen MR) is 170 cm³/mol. The minimum atomic E-state index is -1.01. The summed E-state index contributed by atoms with van der Waals surface area (Å²) >= 11 is 0. The molecule has 3 rings (SSSR count). The lowest BCUT2D eigenvalue weighted by atomic mass is 9.98. The molecule has 5 atom stereocenters. The van der Waals surface area contributed by atoms with Crippen molar-refractivity contribution in [3.8, 4) is 0 Å². The lowest BCUT2D eigenvalue weighted by molar-refractivity contribution is -0.135. The highest BCUT2D eigenvalue weighted by molar-refractivity contribution is 5.94. The van der Waals surface area contributed by atoms with E-state index in [-0.39, 0.29) is 36.9 Å². The molecule has 0 aliphatic carbocycles. The van der Waals surface area contributed by atoms with E-state index in [1.807, 2.05) is 69.9 Å². The number of carbonyl (C=O) groups is 6. The van der Waals surface area contributed by atoms with Crippen LogP contribution in [-0.2, 0) is 35.2 Å². The van der Waals surface area contributed by atoms with Crippen LogP contribution in [0.3, 0.4) is 0 Å². The molecule has 1 aromatic rings. The third kappa shape index (κ3) is 10.9. The molecule has 0 bridgehead atoms. The Morgan fingerprint density at radius 2 is 1.60 bits per heavy atom. The number of ketones is 1. The molecule has 0 unspecified atom stereocenters. The van der Waals surface area contributed by atoms with Crippen LogP contribution >= 0.6 is 0 Å². The van der Waals surface area contributed by atoms with Gasteiger partial charge < -0.3 is 26.6 Å². The van der Waals surface area contributed by atoms with E-state index < -0.39 is 65.9 Å². The van der Waals surface area contributed by atoms with Crippen molar-refractivity contribution in [1.29, 1.82) is 0 Å². The SMILES string of the molecule is CC(C)C[C@@H]1NC(=O)CCC(=O)[C@@H]2CCCN2[C@H](C(=O)NC(C)(C)C)[C@H](C)NC(=O)[C@H](Cc2ccccc2)NC(=O)CNC1=O. The highest BCUT2D eigenvalue weighted by Gasteiger charge is 2.42. The second-order valence-corrected chi connectivity index (χ2v) is 13.6. The van der Waals surface area contributed by atoms with E-state index >= 15 is 0 Å². The first-order valence-corrected chi connectivity index (χ1v) is 16.0. The van der Waals surface area contributed by atoms with Crippen molar-refractivity contribution in [3.05, 3.63) is 35.9 Å². The van der Waals surface area contributed by atoms with E-state index in [1.54, 1.807) is 6.92 Å². The number of nitrogens with one attached hydrogen (secondary N) is 5. The minimum Gasteiger partial charge on any atom is -0.350 e. The zero-order valence-electron chi connectivity index (χ0n) is 27.4. The number of fused-ring (bicyclic) bond motifs is 1. The van der Waals surface area contributed by atoms with Crippen LogP contribution in [0.2, 0.25) is 0 Å². The molecule has 2 aliphatic rings. The number of amides is 5. The lowest BCUT2D eigenvalue weighted by Gasteiger charge is -2.37. The Hall–Kier alpha value is -3.80. The van der Waals surface area contributed by atoms with Gasteiger partial charge in [-0.2, -0.15) is 0 Å². The van der Waals surface area contributed by atoms with E-state index in [4.69, 9.17) is 0 Å². The van der Waals surface area contributed by atoms with Crippen molar-refractivity contribution in [2.45, 2.75) is 116 Å². The van der Waals surface area contributed by atoms with Gasteiger partial charge in [0.25, 0.3) is 0 Å². The van der Waals surface area contributed by atoms with Gasteiger partial charge in [0.15, 0.2) is 5.78 Å². The summed E-state index contributed by atoms with van der Waals surface area (Å²) in [6.07, 6.45) is 1.54. The maximum atomic E-state index is 13.8. The molecule has 248 valence electrons. The molecular weight excluding hydrogens is 576 g/mol. The van der Waals surface area contributed by atoms with E-state index in [1.165, 1.54) is 0 Å². The summed E-state index contributed by atoms with van der Waals surface area (Å²) in [6.45, 7) is 11.2. The molecular formula is C33H50N6O6. The summed E-state index contributed by atoms with van der Waals surface area (Å²) in [5.41, 5.74) is 0.244. The number of Topliss-reactive ketones (excluding diaryl/α,β-unsaturated/α-hetero) is 1. The van der Waals surface area contributed by atoms with Gasteiger partial charge in [0.1, 0.15) is 18.1 Å². The van der Waals surface area contributed by atoms with Crippen molar-refractivity contribution in [2.75, 3.05) is 13.1 Å². The Bertz CT molecular complexity index is 1230. The fourth-order valence-corrected chi connectivity index (χ4v) is 5.95. The van der Waals surface area contributed by atoms with Crippen molar-refractivity contribution in [2.24, 2.45) is 5.92 Å². The zero-order chi connectivity index (χ0) is 33.3. The summed E-state index contributed by atoms with van der Waals surface area (Å²) in [4.78, 5) is 81.8. The van der Waals surface area contributed by atoms with Crippen LogP contribution in [-0.4, -0.2) is 89.1 Å². The van der Waals surface area contributed by atoms with Gasteiger partial charge in [-0.1, -0.05) is 44.2 Å². The van der Waals surface area contributed by atoms with Gasteiger partial charge in [0.05, 0.1) is 18.6 Å². The predicted octanol–water partition coefficient (Wildman–Crippen LogP) is 0.976. The fourth-order valence-electron chi connectivity index (χ4n) is 5.95. The van der Waals surface area contributed by atoms with Crippen molar-refractivity contribution < 1.29 is 28.8 Å². The number of hydrogen-bond acceptors (Lipinski definition) is 7. The quantitative estimate of drug-likeness (QED) is 0.325. The molecule has 0 spiro atoms. The number of nitrogens with zero attached hydrogens (tertiary/aromatic N) is 1. The highest BCUT2D eigenvalue weighted by Crippen LogP contribution is 2.25. The van der Waals surface area contributed by atoms with Crippen LogP contribution in [0.15, 0.2) is 30.3 Å². The van der Waals surface area contributed by atoms with Crippen LogP contribution in [0, 0.1) is 5.92 Å². The van der Waals surface area contributed by atoms with Gasteiger partial charge in [-0.15, -0.1) is 0 Å². The van der Waals surface area contributed by atoms with Crippen molar-refractivity contribution >= 4 is 35.3 Å². The number of carbonyl (C=O) groups excluding carboxylic acids is 6. The molecule has 0 aromatic heterocycles. The molecule has 2 saturated heterocycles. The molecule has 0 saturated carbocycles. The largest absolute Gasteiger partial charge is 0.350 e. The molecule has 45 heavy (non-hydrogen) atoms. The van der Waals surface area contributed by atoms with Gasteiger partial charge in [-0.3, -0.25) is 33.7 Å². The molecule has 5 amide bonds. The summed E-state index contributed by atoms with van der Waals surface area (Å²) in [6, 6.07) is 5.08. The molecule has 0 radical (unpaired) electrons. The molecule has 5 N–H and O–H groups in total. The van der Waals surface area contributed by atoms with Crippen LogP contribution < -0.4 is 26.6 Å². The third-order valence-electron chi connectivity index (χ3n) is 7.95. The van der Waals surface area contributed by atoms with E-state index in [2.05, 4.69) is 26.6 Å². The van der Waals surface area contributed by atoms with Gasteiger partial charge in [-0.25, -0.2) is 0 Å². The van der Waals surface area contributed by atoms with Gasteiger partial charge in [0.2, 0.25) is 29.5 Å². The molecule has 12 nitrogen and oxygen atoms in total. The van der Waals surface area contributed by atoms with E-state index in [0.717, 1.165) is 5.56 Å². The molecule has 1 aromatic carbocycles. The zero-order valence-corrected chi connectivity index (χ0v) is 27.4. The van der Waals surface area contributed by atoms with E-state index in [0.29, 0.717) is 25.8 Å². The Kier molecular flexibility index (Phi) is 12.7. The van der Waals surface area contributed by atoms with Gasteiger partial charge in [-0.05, 0) is 65.0 Å². The molecule has 2 aliphatic heterocycles. The Labute approximate surface area is 266 Å². The van der Waals surface area contributed by atoms with E-state index in [9.17, 15) is 28.8 Å². The monoisotopic (exact) mass is 626 g/mol. The summed E-state index contributed by atoms with van der Waals surface area (Å²) in [5.74, 6) is -2.46. The maximum Gasteiger partial charge on any atom is 0.243 e. The summed E-state index contributed by atoms with van der Waals surface area (Å²) < 4.78 is 0. The Morgan fingerprint density at radius 1 is 0.933 bits per heavy atom.